The normalized spacial score (nSPS) is 10.3. The van der Waals surface area contributed by atoms with Crippen LogP contribution in [0.25, 0.3) is 0 Å². The molecule has 22 heavy (non-hydrogen) atoms. The highest BCUT2D eigenvalue weighted by atomic mass is 35.5. The third-order valence-corrected chi connectivity index (χ3v) is 3.16. The first kappa shape index (κ1) is 16.1. The van der Waals surface area contributed by atoms with Crippen LogP contribution in [-0.2, 0) is 11.2 Å². The molecule has 2 aromatic rings. The fourth-order valence-corrected chi connectivity index (χ4v) is 2.05. The number of hydrogen-bond donors (Lipinski definition) is 2. The zero-order chi connectivity index (χ0) is 15.9. The molecule has 116 valence electrons. The van der Waals surface area contributed by atoms with Crippen LogP contribution in [0.15, 0.2) is 36.5 Å². The molecular weight excluding hydrogens is 302 g/mol. The van der Waals surface area contributed by atoms with E-state index in [1.807, 2.05) is 6.92 Å². The Labute approximate surface area is 134 Å². The lowest BCUT2D eigenvalue weighted by Crippen LogP contribution is -2.15. The minimum absolute atomic E-state index is 0.171. The van der Waals surface area contributed by atoms with Crippen molar-refractivity contribution in [3.8, 4) is 5.75 Å². The minimum Gasteiger partial charge on any atom is -0.492 e. The van der Waals surface area contributed by atoms with Gasteiger partial charge in [0, 0.05) is 11.4 Å². The second-order valence-electron chi connectivity index (χ2n) is 4.80. The third kappa shape index (κ3) is 4.63. The lowest BCUT2D eigenvalue weighted by atomic mass is 10.2. The number of aromatic nitrogens is 1. The highest BCUT2D eigenvalue weighted by Gasteiger charge is 2.08. The minimum atomic E-state index is -0.171. The summed E-state index contributed by atoms with van der Waals surface area (Å²) in [6, 6.07) is 8.61. The summed E-state index contributed by atoms with van der Waals surface area (Å²) in [5, 5.41) is 3.25. The van der Waals surface area contributed by atoms with Gasteiger partial charge >= 0.3 is 0 Å². The van der Waals surface area contributed by atoms with E-state index in [9.17, 15) is 4.79 Å². The van der Waals surface area contributed by atoms with Gasteiger partial charge in [-0.15, -0.1) is 0 Å². The van der Waals surface area contributed by atoms with Crippen LogP contribution >= 0.6 is 11.6 Å². The molecule has 0 atom stereocenters. The van der Waals surface area contributed by atoms with E-state index in [2.05, 4.69) is 10.3 Å². The first-order valence-electron chi connectivity index (χ1n) is 7.01. The fraction of sp³-hybridized carbons (Fsp3) is 0.250. The summed E-state index contributed by atoms with van der Waals surface area (Å²) < 4.78 is 5.49. The summed E-state index contributed by atoms with van der Waals surface area (Å²) in [6.07, 6.45) is 2.61. The summed E-state index contributed by atoms with van der Waals surface area (Å²) in [6.45, 7) is 2.63. The molecule has 0 saturated heterocycles. The van der Waals surface area contributed by atoms with Crippen molar-refractivity contribution in [2.45, 2.75) is 19.8 Å². The molecule has 0 fully saturated rings. The SMILES string of the molecule is CCCOc1ccc(NC(=O)Cc2ccc(N)cn2)cc1Cl. The van der Waals surface area contributed by atoms with E-state index in [-0.39, 0.29) is 12.3 Å². The van der Waals surface area contributed by atoms with E-state index < -0.39 is 0 Å². The van der Waals surface area contributed by atoms with E-state index in [0.29, 0.717) is 34.4 Å². The maximum atomic E-state index is 12.0. The smallest absolute Gasteiger partial charge is 0.230 e. The predicted molar refractivity (Wildman–Crippen MR) is 88.2 cm³/mol. The Morgan fingerprint density at radius 2 is 2.18 bits per heavy atom. The van der Waals surface area contributed by atoms with Crippen molar-refractivity contribution in [1.82, 2.24) is 4.98 Å². The number of ether oxygens (including phenoxy) is 1. The lowest BCUT2D eigenvalue weighted by Gasteiger charge is -2.09. The second kappa shape index (κ2) is 7.66. The molecule has 0 bridgehead atoms. The van der Waals surface area contributed by atoms with Crippen LogP contribution in [0.5, 0.6) is 5.75 Å². The molecule has 1 heterocycles. The number of benzene rings is 1. The number of carbonyl (C=O) groups excluding carboxylic acids is 1. The van der Waals surface area contributed by atoms with Gasteiger partial charge in [0.1, 0.15) is 5.75 Å². The number of rotatable bonds is 6. The summed E-state index contributed by atoms with van der Waals surface area (Å²) in [5.74, 6) is 0.442. The largest absolute Gasteiger partial charge is 0.492 e. The quantitative estimate of drug-likeness (QED) is 0.856. The first-order valence-corrected chi connectivity index (χ1v) is 7.39. The van der Waals surface area contributed by atoms with Gasteiger partial charge in [-0.2, -0.15) is 0 Å². The zero-order valence-electron chi connectivity index (χ0n) is 12.3. The molecular formula is C16H18ClN3O2. The molecule has 1 amide bonds. The van der Waals surface area contributed by atoms with Gasteiger partial charge in [-0.05, 0) is 36.8 Å². The standard InChI is InChI=1S/C16H18ClN3O2/c1-2-7-22-15-6-5-13(8-14(15)17)20-16(21)9-12-4-3-11(18)10-19-12/h3-6,8,10H,2,7,9,18H2,1H3,(H,20,21). The number of amides is 1. The van der Waals surface area contributed by atoms with Gasteiger partial charge < -0.3 is 15.8 Å². The van der Waals surface area contributed by atoms with Crippen molar-refractivity contribution in [3.63, 3.8) is 0 Å². The van der Waals surface area contributed by atoms with E-state index in [1.54, 1.807) is 30.3 Å². The Hall–Kier alpha value is -2.27. The van der Waals surface area contributed by atoms with Crippen LogP contribution < -0.4 is 15.8 Å². The van der Waals surface area contributed by atoms with Gasteiger partial charge in [-0.25, -0.2) is 0 Å². The fourth-order valence-electron chi connectivity index (χ4n) is 1.82. The Morgan fingerprint density at radius 3 is 2.82 bits per heavy atom. The summed E-state index contributed by atoms with van der Waals surface area (Å²) in [4.78, 5) is 16.1. The predicted octanol–water partition coefficient (Wildman–Crippen LogP) is 3.29. The number of nitrogen functional groups attached to an aromatic ring is 1. The van der Waals surface area contributed by atoms with Crippen LogP contribution in [-0.4, -0.2) is 17.5 Å². The molecule has 0 radical (unpaired) electrons. The molecule has 2 rings (SSSR count). The van der Waals surface area contributed by atoms with Crippen molar-refractivity contribution in [3.05, 3.63) is 47.2 Å². The topological polar surface area (TPSA) is 77.2 Å². The maximum absolute atomic E-state index is 12.0. The highest BCUT2D eigenvalue weighted by Crippen LogP contribution is 2.27. The molecule has 0 aliphatic rings. The van der Waals surface area contributed by atoms with E-state index in [1.165, 1.54) is 6.20 Å². The summed E-state index contributed by atoms with van der Waals surface area (Å²) >= 11 is 6.12. The number of hydrogen-bond acceptors (Lipinski definition) is 4. The summed E-state index contributed by atoms with van der Waals surface area (Å²) in [5.41, 5.74) is 7.40. The van der Waals surface area contributed by atoms with E-state index in [0.717, 1.165) is 6.42 Å². The second-order valence-corrected chi connectivity index (χ2v) is 5.21. The zero-order valence-corrected chi connectivity index (χ0v) is 13.1. The van der Waals surface area contributed by atoms with Crippen molar-refractivity contribution in [1.29, 1.82) is 0 Å². The monoisotopic (exact) mass is 319 g/mol. The molecule has 0 aliphatic carbocycles. The summed E-state index contributed by atoms with van der Waals surface area (Å²) in [7, 11) is 0. The van der Waals surface area contributed by atoms with Gasteiger partial charge in [-0.1, -0.05) is 18.5 Å². The number of carbonyl (C=O) groups is 1. The third-order valence-electron chi connectivity index (χ3n) is 2.87. The van der Waals surface area contributed by atoms with Crippen LogP contribution in [0.2, 0.25) is 5.02 Å². The Morgan fingerprint density at radius 1 is 1.36 bits per heavy atom. The van der Waals surface area contributed by atoms with Gasteiger partial charge in [0.15, 0.2) is 0 Å². The number of pyridine rings is 1. The van der Waals surface area contributed by atoms with Crippen molar-refractivity contribution in [2.24, 2.45) is 0 Å². The van der Waals surface area contributed by atoms with Gasteiger partial charge in [0.2, 0.25) is 5.91 Å². The number of nitrogens with two attached hydrogens (primary N) is 1. The molecule has 1 aromatic heterocycles. The van der Waals surface area contributed by atoms with Crippen molar-refractivity contribution < 1.29 is 9.53 Å². The molecule has 0 saturated carbocycles. The van der Waals surface area contributed by atoms with Gasteiger partial charge in [0.05, 0.1) is 29.9 Å². The maximum Gasteiger partial charge on any atom is 0.230 e. The molecule has 0 unspecified atom stereocenters. The van der Waals surface area contributed by atoms with E-state index >= 15 is 0 Å². The molecule has 0 aliphatic heterocycles. The van der Waals surface area contributed by atoms with Crippen molar-refractivity contribution >= 4 is 28.9 Å². The van der Waals surface area contributed by atoms with Crippen LogP contribution in [0, 0.1) is 0 Å². The number of nitrogens with zero attached hydrogens (tertiary/aromatic N) is 1. The molecule has 3 N–H and O–H groups in total. The molecule has 6 heteroatoms. The first-order chi connectivity index (χ1) is 10.6. The van der Waals surface area contributed by atoms with Gasteiger partial charge in [-0.3, -0.25) is 9.78 Å². The van der Waals surface area contributed by atoms with Crippen LogP contribution in [0.1, 0.15) is 19.0 Å². The number of nitrogens with one attached hydrogen (secondary N) is 1. The lowest BCUT2D eigenvalue weighted by molar-refractivity contribution is -0.115. The molecule has 5 nitrogen and oxygen atoms in total. The average Bonchev–Trinajstić information content (AvgIpc) is 2.49. The Balaban J connectivity index is 1.96. The van der Waals surface area contributed by atoms with E-state index in [4.69, 9.17) is 22.1 Å². The van der Waals surface area contributed by atoms with Crippen LogP contribution in [0.4, 0.5) is 11.4 Å². The molecule has 1 aromatic carbocycles. The average molecular weight is 320 g/mol. The van der Waals surface area contributed by atoms with Crippen LogP contribution in [0.3, 0.4) is 0 Å². The highest BCUT2D eigenvalue weighted by molar-refractivity contribution is 6.32. The Kier molecular flexibility index (Phi) is 5.61. The number of anilines is 2. The number of halogens is 1. The van der Waals surface area contributed by atoms with Crippen molar-refractivity contribution in [2.75, 3.05) is 17.7 Å². The Bertz CT molecular complexity index is 644. The van der Waals surface area contributed by atoms with Gasteiger partial charge in [0.25, 0.3) is 0 Å². The molecule has 0 spiro atoms.